The highest BCUT2D eigenvalue weighted by Crippen LogP contribution is 2.26. The molecule has 0 aliphatic carbocycles. The summed E-state index contributed by atoms with van der Waals surface area (Å²) in [5.74, 6) is 1.95. The predicted octanol–water partition coefficient (Wildman–Crippen LogP) is 2.94. The smallest absolute Gasteiger partial charge is 0.253 e. The van der Waals surface area contributed by atoms with Gasteiger partial charge in [0.1, 0.15) is 17.4 Å². The molecule has 0 radical (unpaired) electrons. The molecule has 8 heteroatoms. The Labute approximate surface area is 177 Å². The second-order valence-electron chi connectivity index (χ2n) is 6.96. The highest BCUT2D eigenvalue weighted by atomic mass is 79.9. The van der Waals surface area contributed by atoms with Crippen LogP contribution in [0.2, 0.25) is 0 Å². The number of benzene rings is 2. The molecule has 0 bridgehead atoms. The third-order valence-electron chi connectivity index (χ3n) is 5.10. The molecule has 4 rings (SSSR count). The van der Waals surface area contributed by atoms with E-state index in [-0.39, 0.29) is 5.91 Å². The van der Waals surface area contributed by atoms with E-state index >= 15 is 0 Å². The zero-order chi connectivity index (χ0) is 20.4. The van der Waals surface area contributed by atoms with Gasteiger partial charge in [0.2, 0.25) is 0 Å². The average molecular weight is 456 g/mol. The summed E-state index contributed by atoms with van der Waals surface area (Å²) >= 11 is 3.44. The fraction of sp³-hybridized carbons (Fsp3) is 0.286. The van der Waals surface area contributed by atoms with E-state index in [1.165, 1.54) is 0 Å². The molecule has 2 aromatic carbocycles. The number of nitrogens with two attached hydrogens (primary N) is 1. The summed E-state index contributed by atoms with van der Waals surface area (Å²) < 4.78 is 6.01. The third kappa shape index (κ3) is 4.18. The van der Waals surface area contributed by atoms with E-state index in [4.69, 9.17) is 10.5 Å². The average Bonchev–Trinajstić information content (AvgIpc) is 2.74. The molecule has 1 aliphatic heterocycles. The topological polar surface area (TPSA) is 84.6 Å². The lowest BCUT2D eigenvalue weighted by molar-refractivity contribution is 0.0625. The van der Waals surface area contributed by atoms with Crippen molar-refractivity contribution in [2.45, 2.75) is 6.54 Å². The van der Waals surface area contributed by atoms with Crippen LogP contribution in [0.25, 0.3) is 10.9 Å². The van der Waals surface area contributed by atoms with Crippen LogP contribution in [0.5, 0.6) is 5.75 Å². The fourth-order valence-corrected chi connectivity index (χ4v) is 4.05. The van der Waals surface area contributed by atoms with Gasteiger partial charge in [0.25, 0.3) is 5.91 Å². The van der Waals surface area contributed by atoms with E-state index in [2.05, 4.69) is 30.8 Å². The van der Waals surface area contributed by atoms with Gasteiger partial charge in [0.05, 0.1) is 23.6 Å². The van der Waals surface area contributed by atoms with E-state index in [0.717, 1.165) is 28.5 Å². The summed E-state index contributed by atoms with van der Waals surface area (Å²) in [7, 11) is 1.60. The molecule has 1 fully saturated rings. The van der Waals surface area contributed by atoms with Gasteiger partial charge in [-0.1, -0.05) is 12.1 Å². The van der Waals surface area contributed by atoms with Crippen LogP contribution in [-0.2, 0) is 6.54 Å². The number of halogens is 1. The van der Waals surface area contributed by atoms with Gasteiger partial charge in [-0.05, 0) is 46.3 Å². The maximum Gasteiger partial charge on any atom is 0.253 e. The van der Waals surface area contributed by atoms with E-state index < -0.39 is 0 Å². The van der Waals surface area contributed by atoms with E-state index in [1.807, 2.05) is 29.2 Å². The van der Waals surface area contributed by atoms with E-state index in [1.54, 1.807) is 25.3 Å². The lowest BCUT2D eigenvalue weighted by atomic mass is 10.1. The van der Waals surface area contributed by atoms with Crippen molar-refractivity contribution in [1.29, 1.82) is 0 Å². The summed E-state index contributed by atoms with van der Waals surface area (Å²) in [5.41, 5.74) is 7.59. The van der Waals surface area contributed by atoms with Crippen molar-refractivity contribution >= 4 is 38.6 Å². The van der Waals surface area contributed by atoms with Gasteiger partial charge in [-0.15, -0.1) is 0 Å². The Balaban J connectivity index is 1.39. The number of hydrogen-bond acceptors (Lipinski definition) is 6. The number of methoxy groups -OCH3 is 1. The number of hydrogen-bond donors (Lipinski definition) is 1. The molecule has 3 aromatic rings. The van der Waals surface area contributed by atoms with Crippen LogP contribution in [0.4, 0.5) is 5.82 Å². The van der Waals surface area contributed by atoms with Gasteiger partial charge >= 0.3 is 0 Å². The second-order valence-corrected chi connectivity index (χ2v) is 7.81. The Kier molecular flexibility index (Phi) is 5.64. The Bertz CT molecular complexity index is 1050. The monoisotopic (exact) mass is 455 g/mol. The van der Waals surface area contributed by atoms with Crippen LogP contribution in [0.15, 0.2) is 46.9 Å². The van der Waals surface area contributed by atoms with Crippen molar-refractivity contribution in [3.05, 3.63) is 58.3 Å². The second kappa shape index (κ2) is 8.34. The van der Waals surface area contributed by atoms with Crippen LogP contribution in [0.3, 0.4) is 0 Å². The van der Waals surface area contributed by atoms with Gasteiger partial charge in [-0.25, -0.2) is 9.97 Å². The maximum atomic E-state index is 12.8. The predicted molar refractivity (Wildman–Crippen MR) is 116 cm³/mol. The molecule has 0 atom stereocenters. The molecule has 0 spiro atoms. The summed E-state index contributed by atoms with van der Waals surface area (Å²) in [6.07, 6.45) is 0. The van der Waals surface area contributed by atoms with Crippen molar-refractivity contribution < 1.29 is 9.53 Å². The van der Waals surface area contributed by atoms with Crippen LogP contribution < -0.4 is 10.5 Å². The summed E-state index contributed by atoms with van der Waals surface area (Å²) in [6.45, 7) is 3.46. The SMILES string of the molecule is COc1ccc(C(=O)N2CCN(Cc3nc(N)c4ccccc4n3)CC2)cc1Br. The van der Waals surface area contributed by atoms with Crippen LogP contribution in [0.1, 0.15) is 16.2 Å². The van der Waals surface area contributed by atoms with Gasteiger partial charge in [0.15, 0.2) is 0 Å². The van der Waals surface area contributed by atoms with Crippen LogP contribution in [-0.4, -0.2) is 59.0 Å². The summed E-state index contributed by atoms with van der Waals surface area (Å²) in [4.78, 5) is 26.0. The highest BCUT2D eigenvalue weighted by molar-refractivity contribution is 9.10. The van der Waals surface area contributed by atoms with Crippen LogP contribution >= 0.6 is 15.9 Å². The van der Waals surface area contributed by atoms with Gasteiger partial charge in [0, 0.05) is 37.1 Å². The van der Waals surface area contributed by atoms with Crippen molar-refractivity contribution in [2.24, 2.45) is 0 Å². The molecule has 1 saturated heterocycles. The zero-order valence-electron chi connectivity index (χ0n) is 16.1. The zero-order valence-corrected chi connectivity index (χ0v) is 17.7. The lowest BCUT2D eigenvalue weighted by Crippen LogP contribution is -2.48. The molecule has 1 aliphatic rings. The molecular formula is C21H22BrN5O2. The Morgan fingerprint density at radius 1 is 1.14 bits per heavy atom. The number of nitrogen functional groups attached to an aromatic ring is 1. The molecule has 2 heterocycles. The lowest BCUT2D eigenvalue weighted by Gasteiger charge is -2.34. The number of aromatic nitrogens is 2. The van der Waals surface area contributed by atoms with Gasteiger partial charge < -0.3 is 15.4 Å². The molecular weight excluding hydrogens is 434 g/mol. The third-order valence-corrected chi connectivity index (χ3v) is 5.72. The molecule has 1 amide bonds. The molecule has 2 N–H and O–H groups in total. The van der Waals surface area contributed by atoms with Crippen LogP contribution in [0, 0.1) is 0 Å². The number of nitrogens with zero attached hydrogens (tertiary/aromatic N) is 4. The minimum Gasteiger partial charge on any atom is -0.496 e. The molecule has 1 aromatic heterocycles. The van der Waals surface area contributed by atoms with E-state index in [0.29, 0.717) is 42.6 Å². The number of anilines is 1. The number of ether oxygens (including phenoxy) is 1. The number of carbonyl (C=O) groups excluding carboxylic acids is 1. The maximum absolute atomic E-state index is 12.8. The highest BCUT2D eigenvalue weighted by Gasteiger charge is 2.23. The van der Waals surface area contributed by atoms with Crippen molar-refractivity contribution in [3.63, 3.8) is 0 Å². The largest absolute Gasteiger partial charge is 0.496 e. The number of piperazine rings is 1. The minimum absolute atomic E-state index is 0.0270. The van der Waals surface area contributed by atoms with Crippen molar-refractivity contribution in [1.82, 2.24) is 19.8 Å². The standard InChI is InChI=1S/C21H22BrN5O2/c1-29-18-7-6-14(12-16(18)22)21(28)27-10-8-26(9-11-27)13-19-24-17-5-3-2-4-15(17)20(23)25-19/h2-7,12H,8-11,13H2,1H3,(H2,23,24,25). The first kappa shape index (κ1) is 19.6. The normalized spacial score (nSPS) is 14.9. The van der Waals surface area contributed by atoms with E-state index in [9.17, 15) is 4.79 Å². The number of fused-ring (bicyclic) bond motifs is 1. The number of rotatable bonds is 4. The van der Waals surface area contributed by atoms with Crippen molar-refractivity contribution in [3.8, 4) is 5.75 Å². The molecule has 0 saturated carbocycles. The summed E-state index contributed by atoms with van der Waals surface area (Å²) in [6, 6.07) is 13.1. The van der Waals surface area contributed by atoms with Gasteiger partial charge in [-0.3, -0.25) is 9.69 Å². The number of carbonyl (C=O) groups is 1. The first-order chi connectivity index (χ1) is 14.0. The first-order valence-corrected chi connectivity index (χ1v) is 10.2. The molecule has 29 heavy (non-hydrogen) atoms. The Morgan fingerprint density at radius 3 is 2.62 bits per heavy atom. The summed E-state index contributed by atoms with van der Waals surface area (Å²) in [5, 5.41) is 0.873. The Morgan fingerprint density at radius 2 is 1.90 bits per heavy atom. The Hall–Kier alpha value is -2.71. The molecule has 0 unspecified atom stereocenters. The number of amides is 1. The molecule has 7 nitrogen and oxygen atoms in total. The molecule has 150 valence electrons. The fourth-order valence-electron chi connectivity index (χ4n) is 3.51. The van der Waals surface area contributed by atoms with Gasteiger partial charge in [-0.2, -0.15) is 0 Å². The minimum atomic E-state index is 0.0270. The first-order valence-electron chi connectivity index (χ1n) is 9.41. The van der Waals surface area contributed by atoms with Crippen molar-refractivity contribution in [2.75, 3.05) is 39.0 Å². The quantitative estimate of drug-likeness (QED) is 0.650. The number of para-hydroxylation sites is 1.